The molecule has 1 atom stereocenters. The molecule has 3 heteroatoms. The van der Waals surface area contributed by atoms with Gasteiger partial charge in [0.05, 0.1) is 0 Å². The first-order valence-corrected chi connectivity index (χ1v) is 7.33. The molecule has 0 saturated heterocycles. The fourth-order valence-electron chi connectivity index (χ4n) is 2.08. The molecule has 2 aromatic rings. The molecule has 1 unspecified atom stereocenters. The van der Waals surface area contributed by atoms with Crippen LogP contribution in [0.2, 0.25) is 0 Å². The number of aromatic hydroxyl groups is 1. The Morgan fingerprint density at radius 3 is 2.26 bits per heavy atom. The van der Waals surface area contributed by atoms with Crippen LogP contribution >= 0.6 is 8.58 Å². The van der Waals surface area contributed by atoms with Crippen molar-refractivity contribution in [2.24, 2.45) is 0 Å². The van der Waals surface area contributed by atoms with Crippen molar-refractivity contribution in [1.82, 2.24) is 0 Å². The summed E-state index contributed by atoms with van der Waals surface area (Å²) < 4.78 is 0. The van der Waals surface area contributed by atoms with Crippen LogP contribution in [0.25, 0.3) is 0 Å². The molecule has 0 aliphatic heterocycles. The first kappa shape index (κ1) is 13.9. The summed E-state index contributed by atoms with van der Waals surface area (Å²) in [5.74, 6) is 0.425. The molecule has 100 valence electrons. The molecule has 0 aliphatic carbocycles. The number of para-hydroxylation sites is 1. The van der Waals surface area contributed by atoms with E-state index >= 15 is 0 Å². The van der Waals surface area contributed by atoms with Crippen LogP contribution < -0.4 is 15.5 Å². The zero-order valence-corrected chi connectivity index (χ0v) is 12.9. The van der Waals surface area contributed by atoms with Crippen molar-refractivity contribution < 1.29 is 5.11 Å². The van der Waals surface area contributed by atoms with E-state index in [0.717, 1.165) is 10.9 Å². The van der Waals surface area contributed by atoms with E-state index in [1.807, 2.05) is 25.1 Å². The van der Waals surface area contributed by atoms with E-state index in [-0.39, 0.29) is 0 Å². The van der Waals surface area contributed by atoms with Crippen molar-refractivity contribution >= 4 is 24.9 Å². The van der Waals surface area contributed by atoms with E-state index in [0.29, 0.717) is 14.3 Å². The minimum Gasteiger partial charge on any atom is -0.507 e. The standard InChI is InChI=1S/C16H20NOP/c1-11-7-6-10-14(15(11)18)19-16-12(2)8-5-9-13(16)17(3)4/h5-10,18-19H,1-4H3. The third-order valence-electron chi connectivity index (χ3n) is 3.23. The van der Waals surface area contributed by atoms with Gasteiger partial charge in [0.15, 0.2) is 0 Å². The number of hydrogen-bond donors (Lipinski definition) is 1. The molecule has 19 heavy (non-hydrogen) atoms. The monoisotopic (exact) mass is 273 g/mol. The zero-order valence-electron chi connectivity index (χ0n) is 11.9. The SMILES string of the molecule is Cc1cccc(Pc2c(C)cccc2N(C)C)c1O. The molecule has 0 aromatic heterocycles. The molecule has 1 N–H and O–H groups in total. The Labute approximate surface area is 116 Å². The number of aryl methyl sites for hydroxylation is 2. The topological polar surface area (TPSA) is 23.5 Å². The highest BCUT2D eigenvalue weighted by Gasteiger charge is 2.11. The first-order chi connectivity index (χ1) is 9.00. The van der Waals surface area contributed by atoms with Gasteiger partial charge in [0.2, 0.25) is 0 Å². The number of hydrogen-bond acceptors (Lipinski definition) is 2. The third-order valence-corrected chi connectivity index (χ3v) is 4.80. The van der Waals surface area contributed by atoms with Crippen molar-refractivity contribution in [3.05, 3.63) is 47.5 Å². The van der Waals surface area contributed by atoms with E-state index in [9.17, 15) is 5.11 Å². The summed E-state index contributed by atoms with van der Waals surface area (Å²) in [4.78, 5) is 2.13. The number of phenolic OH excluding ortho intramolecular Hbond substituents is 1. The summed E-state index contributed by atoms with van der Waals surface area (Å²) in [5.41, 5.74) is 3.43. The zero-order chi connectivity index (χ0) is 14.0. The summed E-state index contributed by atoms with van der Waals surface area (Å²) in [7, 11) is 4.58. The van der Waals surface area contributed by atoms with Crippen LogP contribution in [0, 0.1) is 13.8 Å². The number of rotatable bonds is 3. The van der Waals surface area contributed by atoms with Gasteiger partial charge in [-0.3, -0.25) is 0 Å². The minimum atomic E-state index is 0.425. The molecular weight excluding hydrogens is 253 g/mol. The van der Waals surface area contributed by atoms with Crippen LogP contribution in [0.4, 0.5) is 5.69 Å². The molecule has 2 rings (SSSR count). The normalized spacial score (nSPS) is 11.2. The van der Waals surface area contributed by atoms with Gasteiger partial charge in [-0.2, -0.15) is 0 Å². The predicted octanol–water partition coefficient (Wildman–Crippen LogP) is 2.70. The lowest BCUT2D eigenvalue weighted by atomic mass is 10.2. The van der Waals surface area contributed by atoms with Crippen LogP contribution in [0.3, 0.4) is 0 Å². The fourth-order valence-corrected chi connectivity index (χ4v) is 3.56. The van der Waals surface area contributed by atoms with Gasteiger partial charge < -0.3 is 10.0 Å². The van der Waals surface area contributed by atoms with Gasteiger partial charge in [-0.15, -0.1) is 0 Å². The van der Waals surface area contributed by atoms with Gasteiger partial charge in [-0.05, 0) is 31.0 Å². The Balaban J connectivity index is 2.46. The maximum atomic E-state index is 10.2. The lowest BCUT2D eigenvalue weighted by Crippen LogP contribution is -2.19. The highest BCUT2D eigenvalue weighted by atomic mass is 31.1. The number of anilines is 1. The van der Waals surface area contributed by atoms with Crippen LogP contribution in [-0.4, -0.2) is 19.2 Å². The van der Waals surface area contributed by atoms with Crippen molar-refractivity contribution in [2.75, 3.05) is 19.0 Å². The first-order valence-electron chi connectivity index (χ1n) is 6.33. The van der Waals surface area contributed by atoms with E-state index in [1.54, 1.807) is 0 Å². The summed E-state index contributed by atoms with van der Waals surface area (Å²) in [6.45, 7) is 4.07. The average molecular weight is 273 g/mol. The number of benzene rings is 2. The maximum Gasteiger partial charge on any atom is 0.126 e. The minimum absolute atomic E-state index is 0.425. The highest BCUT2D eigenvalue weighted by molar-refractivity contribution is 7.56. The Bertz CT molecular complexity index is 593. The van der Waals surface area contributed by atoms with E-state index < -0.39 is 0 Å². The molecule has 0 radical (unpaired) electrons. The van der Waals surface area contributed by atoms with Gasteiger partial charge in [0, 0.05) is 30.4 Å². The number of phenols is 1. The van der Waals surface area contributed by atoms with E-state index in [2.05, 4.69) is 44.1 Å². The summed E-state index contributed by atoms with van der Waals surface area (Å²) >= 11 is 0. The molecule has 2 nitrogen and oxygen atoms in total. The molecule has 0 bridgehead atoms. The predicted molar refractivity (Wildman–Crippen MR) is 85.9 cm³/mol. The second-order valence-corrected chi connectivity index (χ2v) is 6.25. The van der Waals surface area contributed by atoms with Crippen LogP contribution in [0.1, 0.15) is 11.1 Å². The lowest BCUT2D eigenvalue weighted by molar-refractivity contribution is 0.475. The fraction of sp³-hybridized carbons (Fsp3) is 0.250. The summed E-state index contributed by atoms with van der Waals surface area (Å²) in [5, 5.41) is 12.5. The average Bonchev–Trinajstić information content (AvgIpc) is 2.36. The second-order valence-electron chi connectivity index (χ2n) is 4.96. The Kier molecular flexibility index (Phi) is 4.11. The Hall–Kier alpha value is -1.53. The molecule has 0 aliphatic rings. The van der Waals surface area contributed by atoms with Gasteiger partial charge >= 0.3 is 0 Å². The second kappa shape index (κ2) is 5.63. The summed E-state index contributed by atoms with van der Waals surface area (Å²) in [6, 6.07) is 12.3. The molecule has 2 aromatic carbocycles. The Morgan fingerprint density at radius 2 is 1.58 bits per heavy atom. The van der Waals surface area contributed by atoms with Gasteiger partial charge in [-0.1, -0.05) is 38.9 Å². The molecule has 0 heterocycles. The smallest absolute Gasteiger partial charge is 0.126 e. The van der Waals surface area contributed by atoms with Crippen LogP contribution in [-0.2, 0) is 0 Å². The van der Waals surface area contributed by atoms with Crippen molar-refractivity contribution in [2.45, 2.75) is 13.8 Å². The van der Waals surface area contributed by atoms with E-state index in [1.165, 1.54) is 16.6 Å². The maximum absolute atomic E-state index is 10.2. The summed E-state index contributed by atoms with van der Waals surface area (Å²) in [6.07, 6.45) is 0. The van der Waals surface area contributed by atoms with Crippen molar-refractivity contribution in [3.63, 3.8) is 0 Å². The van der Waals surface area contributed by atoms with Gasteiger partial charge in [-0.25, -0.2) is 0 Å². The van der Waals surface area contributed by atoms with Crippen LogP contribution in [0.5, 0.6) is 5.75 Å². The molecule has 0 saturated carbocycles. The quantitative estimate of drug-likeness (QED) is 0.869. The Morgan fingerprint density at radius 1 is 0.947 bits per heavy atom. The van der Waals surface area contributed by atoms with Gasteiger partial charge in [0.1, 0.15) is 5.75 Å². The molecular formula is C16H20NOP. The van der Waals surface area contributed by atoms with Gasteiger partial charge in [0.25, 0.3) is 0 Å². The van der Waals surface area contributed by atoms with Crippen molar-refractivity contribution in [1.29, 1.82) is 0 Å². The highest BCUT2D eigenvalue weighted by Crippen LogP contribution is 2.26. The van der Waals surface area contributed by atoms with E-state index in [4.69, 9.17) is 0 Å². The lowest BCUT2D eigenvalue weighted by Gasteiger charge is -2.20. The largest absolute Gasteiger partial charge is 0.507 e. The molecule has 0 fully saturated rings. The van der Waals surface area contributed by atoms with Crippen molar-refractivity contribution in [3.8, 4) is 5.75 Å². The molecule has 0 spiro atoms. The number of nitrogens with zero attached hydrogens (tertiary/aromatic N) is 1. The third kappa shape index (κ3) is 2.90. The van der Waals surface area contributed by atoms with Crippen LogP contribution in [0.15, 0.2) is 36.4 Å². The molecule has 0 amide bonds.